The molecule has 0 aromatic rings. The highest BCUT2D eigenvalue weighted by Crippen LogP contribution is 2.16. The molecular formula is C70H116NO8+. The number of hydrogen-bond donors (Lipinski definition) is 1. The van der Waals surface area contributed by atoms with E-state index in [0.29, 0.717) is 23.9 Å². The topological polar surface area (TPSA) is 108 Å². The first-order chi connectivity index (χ1) is 38.6. The van der Waals surface area contributed by atoms with Gasteiger partial charge in [-0.2, -0.15) is 0 Å². The van der Waals surface area contributed by atoms with Crippen molar-refractivity contribution in [2.75, 3.05) is 47.5 Å². The molecule has 0 heterocycles. The van der Waals surface area contributed by atoms with Crippen LogP contribution in [0.2, 0.25) is 0 Å². The van der Waals surface area contributed by atoms with E-state index in [0.717, 1.165) is 89.9 Å². The maximum absolute atomic E-state index is 12.9. The molecule has 2 atom stereocenters. The fraction of sp³-hybridized carbons (Fsp3) is 0.643. The summed E-state index contributed by atoms with van der Waals surface area (Å²) >= 11 is 0. The van der Waals surface area contributed by atoms with Gasteiger partial charge in [0.25, 0.3) is 6.29 Å². The van der Waals surface area contributed by atoms with Gasteiger partial charge in [-0.15, -0.1) is 0 Å². The zero-order valence-corrected chi connectivity index (χ0v) is 51.0. The van der Waals surface area contributed by atoms with E-state index in [-0.39, 0.29) is 38.6 Å². The van der Waals surface area contributed by atoms with E-state index in [1.807, 2.05) is 21.1 Å². The highest BCUT2D eigenvalue weighted by atomic mass is 16.7. The molecule has 0 aromatic heterocycles. The third-order valence-electron chi connectivity index (χ3n) is 12.9. The van der Waals surface area contributed by atoms with E-state index in [4.69, 9.17) is 18.9 Å². The molecule has 0 fully saturated rings. The summed E-state index contributed by atoms with van der Waals surface area (Å²) in [5.41, 5.74) is 0. The summed E-state index contributed by atoms with van der Waals surface area (Å²) in [5.74, 6) is -2.09. The number of allylic oxidation sites excluding steroid dienone is 22. The molecule has 0 saturated carbocycles. The molecule has 0 rings (SSSR count). The lowest BCUT2D eigenvalue weighted by atomic mass is 10.0. The molecule has 0 aliphatic carbocycles. The first-order valence-corrected chi connectivity index (χ1v) is 31.3. The number of carbonyl (C=O) groups excluding carboxylic acids is 2. The van der Waals surface area contributed by atoms with Crippen molar-refractivity contribution in [1.82, 2.24) is 0 Å². The zero-order chi connectivity index (χ0) is 57.6. The summed E-state index contributed by atoms with van der Waals surface area (Å²) in [6, 6.07) is 0. The Morgan fingerprint density at radius 3 is 1.05 bits per heavy atom. The molecule has 0 aromatic carbocycles. The van der Waals surface area contributed by atoms with E-state index in [1.165, 1.54) is 103 Å². The van der Waals surface area contributed by atoms with Gasteiger partial charge in [0.1, 0.15) is 13.2 Å². The predicted octanol–water partition coefficient (Wildman–Crippen LogP) is 19.0. The number of hydrogen-bond acceptors (Lipinski definition) is 7. The van der Waals surface area contributed by atoms with Gasteiger partial charge in [0.2, 0.25) is 0 Å². The van der Waals surface area contributed by atoms with Crippen LogP contribution in [0.3, 0.4) is 0 Å². The Kier molecular flexibility index (Phi) is 56.1. The number of carbonyl (C=O) groups is 3. The van der Waals surface area contributed by atoms with E-state index >= 15 is 0 Å². The molecule has 448 valence electrons. The number of aliphatic carboxylic acids is 1. The molecule has 0 saturated heterocycles. The molecule has 0 bridgehead atoms. The van der Waals surface area contributed by atoms with Gasteiger partial charge < -0.3 is 28.5 Å². The Labute approximate surface area is 484 Å². The summed E-state index contributed by atoms with van der Waals surface area (Å²) in [6.45, 7) is 4.58. The predicted molar refractivity (Wildman–Crippen MR) is 336 cm³/mol. The lowest BCUT2D eigenvalue weighted by Gasteiger charge is -2.25. The Morgan fingerprint density at radius 1 is 0.380 bits per heavy atom. The van der Waals surface area contributed by atoms with Crippen molar-refractivity contribution in [2.45, 2.75) is 245 Å². The van der Waals surface area contributed by atoms with Gasteiger partial charge >= 0.3 is 17.9 Å². The number of carboxylic acid groups (broad SMARTS) is 1. The Balaban J connectivity index is 4.25. The van der Waals surface area contributed by atoms with E-state index in [2.05, 4.69) is 148 Å². The number of esters is 2. The maximum Gasteiger partial charge on any atom is 0.361 e. The molecule has 2 unspecified atom stereocenters. The minimum atomic E-state index is -1.53. The molecule has 0 spiro atoms. The van der Waals surface area contributed by atoms with Crippen LogP contribution in [-0.4, -0.2) is 87.4 Å². The van der Waals surface area contributed by atoms with Gasteiger partial charge in [-0.3, -0.25) is 9.59 Å². The summed E-state index contributed by atoms with van der Waals surface area (Å²) in [6.07, 6.45) is 82.7. The monoisotopic (exact) mass is 1100 g/mol. The van der Waals surface area contributed by atoms with Crippen molar-refractivity contribution >= 4 is 17.9 Å². The Bertz CT molecular complexity index is 1750. The van der Waals surface area contributed by atoms with Crippen LogP contribution in [0, 0.1) is 0 Å². The summed E-state index contributed by atoms with van der Waals surface area (Å²) < 4.78 is 22.8. The number of likely N-dealkylation sites (N-methyl/N-ethyl adjacent to an activating group) is 1. The second kappa shape index (κ2) is 59.5. The van der Waals surface area contributed by atoms with Crippen LogP contribution in [-0.2, 0) is 33.3 Å². The van der Waals surface area contributed by atoms with Gasteiger partial charge in [0.05, 0.1) is 34.4 Å². The zero-order valence-electron chi connectivity index (χ0n) is 51.0. The average Bonchev–Trinajstić information content (AvgIpc) is 3.42. The molecule has 1 N–H and O–H groups in total. The summed E-state index contributed by atoms with van der Waals surface area (Å²) in [5, 5.41) is 9.72. The van der Waals surface area contributed by atoms with Crippen LogP contribution >= 0.6 is 0 Å². The van der Waals surface area contributed by atoms with Crippen molar-refractivity contribution in [3.05, 3.63) is 134 Å². The van der Waals surface area contributed by atoms with E-state index < -0.39 is 24.3 Å². The van der Waals surface area contributed by atoms with E-state index in [1.54, 1.807) is 0 Å². The second-order valence-electron chi connectivity index (χ2n) is 21.6. The minimum absolute atomic E-state index is 0.170. The number of unbranched alkanes of at least 4 members (excludes halogenated alkanes) is 19. The van der Waals surface area contributed by atoms with Crippen LogP contribution in [0.5, 0.6) is 0 Å². The highest BCUT2D eigenvalue weighted by Gasteiger charge is 2.25. The molecule has 0 amide bonds. The molecule has 9 heteroatoms. The number of nitrogens with zero attached hydrogens (tertiary/aromatic N) is 1. The van der Waals surface area contributed by atoms with Crippen LogP contribution in [0.1, 0.15) is 232 Å². The van der Waals surface area contributed by atoms with Gasteiger partial charge in [-0.05, 0) is 103 Å². The lowest BCUT2D eigenvalue weighted by molar-refractivity contribution is -0.870. The third-order valence-corrected chi connectivity index (χ3v) is 12.9. The minimum Gasteiger partial charge on any atom is -0.477 e. The largest absolute Gasteiger partial charge is 0.477 e. The number of carboxylic acids is 1. The fourth-order valence-electron chi connectivity index (χ4n) is 8.17. The van der Waals surface area contributed by atoms with Crippen molar-refractivity contribution < 1.29 is 42.9 Å². The second-order valence-corrected chi connectivity index (χ2v) is 21.6. The third kappa shape index (κ3) is 60.9. The lowest BCUT2D eigenvalue weighted by Crippen LogP contribution is -2.40. The molecule has 9 nitrogen and oxygen atoms in total. The highest BCUT2D eigenvalue weighted by molar-refractivity contribution is 5.71. The number of quaternary nitrogens is 1. The van der Waals surface area contributed by atoms with Gasteiger partial charge in [0, 0.05) is 12.8 Å². The van der Waals surface area contributed by atoms with Gasteiger partial charge in [-0.1, -0.05) is 250 Å². The first kappa shape index (κ1) is 74.4. The fourth-order valence-corrected chi connectivity index (χ4v) is 8.17. The van der Waals surface area contributed by atoms with Crippen molar-refractivity contribution in [2.24, 2.45) is 0 Å². The van der Waals surface area contributed by atoms with Gasteiger partial charge in [0.15, 0.2) is 6.10 Å². The Morgan fingerprint density at radius 2 is 0.696 bits per heavy atom. The van der Waals surface area contributed by atoms with Crippen LogP contribution in [0.15, 0.2) is 134 Å². The number of ether oxygens (including phenoxy) is 4. The smallest absolute Gasteiger partial charge is 0.361 e. The number of rotatable bonds is 56. The molecule has 79 heavy (non-hydrogen) atoms. The molecular weight excluding hydrogens is 983 g/mol. The van der Waals surface area contributed by atoms with Crippen molar-refractivity contribution in [3.8, 4) is 0 Å². The van der Waals surface area contributed by atoms with Crippen molar-refractivity contribution in [1.29, 1.82) is 0 Å². The molecule has 0 aliphatic heterocycles. The van der Waals surface area contributed by atoms with Gasteiger partial charge in [-0.25, -0.2) is 4.79 Å². The van der Waals surface area contributed by atoms with E-state index in [9.17, 15) is 19.5 Å². The normalized spacial score (nSPS) is 13.7. The van der Waals surface area contributed by atoms with Crippen molar-refractivity contribution in [3.63, 3.8) is 0 Å². The quantitative estimate of drug-likeness (QED) is 0.0211. The SMILES string of the molecule is CC/C=C\C/C=C\C/C=C\C/C=C\C/C=C\C/C=C\C/C=C\CCCC(=O)OC(COC(=O)CCCCCCCCCCCCCCCCCCCC/C=C\C/C=C\C/C=C\C/C=C\CC)COC(OCC[N+](C)(C)C)C(=O)O. The molecule has 0 aliphatic rings. The maximum atomic E-state index is 12.9. The molecule has 0 radical (unpaired) electrons. The van der Waals surface area contributed by atoms with Crippen LogP contribution < -0.4 is 0 Å². The van der Waals surface area contributed by atoms with Crippen LogP contribution in [0.25, 0.3) is 0 Å². The Hall–Kier alpha value is -4.57. The van der Waals surface area contributed by atoms with Crippen LogP contribution in [0.4, 0.5) is 0 Å². The average molecular weight is 1100 g/mol. The summed E-state index contributed by atoms with van der Waals surface area (Å²) in [7, 11) is 5.94. The summed E-state index contributed by atoms with van der Waals surface area (Å²) in [4.78, 5) is 37.5. The standard InChI is InChI=1S/C70H115NO8/c1-6-8-10-12-14-16-18-20-22-24-26-28-30-31-32-33-34-35-36-37-39-40-42-44-46-48-50-52-54-56-58-60-67(72)77-64-66(65-78-70(69(74)75)76-63-62-71(3,4)5)79-68(73)61-59-57-55-53-51-49-47-45-43-41-38-29-27-25-23-21-19-17-15-13-11-9-7-2/h8-11,14-17,20-23,26-29,41,43,47,49,53,55,66,70H,6-7,12-13,18-19,24-25,30-40,42,44-46,48,50-52,54,56-65H2,1-5H3/p+1/b10-8-,11-9-,16-14-,17-15-,22-20-,23-21-,28-26-,29-27-,43-41-,49-47-,55-53-. The first-order valence-electron chi connectivity index (χ1n) is 31.3.